The molecule has 1 aliphatic heterocycles. The lowest BCUT2D eigenvalue weighted by molar-refractivity contribution is -0.130. The third-order valence-electron chi connectivity index (χ3n) is 9.82. The Morgan fingerprint density at radius 2 is 1.98 bits per heavy atom. The number of rotatable bonds is 9. The number of nitrogens with one attached hydrogen (secondary N) is 1. The quantitative estimate of drug-likeness (QED) is 0.343. The molecule has 40 heavy (non-hydrogen) atoms. The molecule has 0 bridgehead atoms. The van der Waals surface area contributed by atoms with E-state index in [2.05, 4.69) is 23.5 Å². The molecule has 7 heteroatoms. The fourth-order valence-corrected chi connectivity index (χ4v) is 7.53. The number of fused-ring (bicyclic) bond motifs is 1. The molecule has 5 nitrogen and oxygen atoms in total. The van der Waals surface area contributed by atoms with Gasteiger partial charge in [-0.25, -0.2) is 4.39 Å². The third-order valence-corrected chi connectivity index (χ3v) is 10.1. The van der Waals surface area contributed by atoms with E-state index in [1.54, 1.807) is 13.0 Å². The number of benzene rings is 2. The summed E-state index contributed by atoms with van der Waals surface area (Å²) in [4.78, 5) is 27.1. The second-order valence-corrected chi connectivity index (χ2v) is 12.7. The smallest absolute Gasteiger partial charge is 0.227 e. The first-order valence-corrected chi connectivity index (χ1v) is 15.2. The maximum Gasteiger partial charge on any atom is 0.227 e. The minimum Gasteiger partial charge on any atom is -0.343 e. The highest BCUT2D eigenvalue weighted by Crippen LogP contribution is 2.64. The van der Waals surface area contributed by atoms with Gasteiger partial charge in [0.1, 0.15) is 5.82 Å². The number of piperidine rings is 1. The molecule has 2 unspecified atom stereocenters. The largest absolute Gasteiger partial charge is 0.343 e. The number of nitrogens with zero attached hydrogens (tertiary/aromatic N) is 2. The molecule has 0 radical (unpaired) electrons. The van der Waals surface area contributed by atoms with Crippen molar-refractivity contribution in [3.8, 4) is 6.07 Å². The number of hydrogen-bond acceptors (Lipinski definition) is 3. The number of nitriles is 1. The molecule has 4 atom stereocenters. The van der Waals surface area contributed by atoms with Crippen molar-refractivity contribution in [2.45, 2.75) is 76.5 Å². The molecule has 1 heterocycles. The molecule has 2 saturated carbocycles. The monoisotopic (exact) mass is 563 g/mol. The Hall–Kier alpha value is -2.91. The second kappa shape index (κ2) is 12.3. The molecule has 1 saturated heterocycles. The van der Waals surface area contributed by atoms with Gasteiger partial charge in [0, 0.05) is 31.6 Å². The zero-order valence-electron chi connectivity index (χ0n) is 23.3. The maximum atomic E-state index is 13.7. The molecule has 212 valence electrons. The van der Waals surface area contributed by atoms with E-state index in [0.29, 0.717) is 23.4 Å². The van der Waals surface area contributed by atoms with Crippen LogP contribution in [0.1, 0.15) is 82.3 Å². The van der Waals surface area contributed by atoms with Crippen molar-refractivity contribution in [2.24, 2.45) is 23.7 Å². The summed E-state index contributed by atoms with van der Waals surface area (Å²) in [6.07, 6.45) is 10.3. The van der Waals surface area contributed by atoms with Gasteiger partial charge in [0.2, 0.25) is 11.8 Å². The van der Waals surface area contributed by atoms with Crippen LogP contribution in [0.25, 0.3) is 0 Å². The summed E-state index contributed by atoms with van der Waals surface area (Å²) in [5.41, 5.74) is 2.76. The molecule has 2 aromatic carbocycles. The number of carbonyl (C=O) groups is 2. The number of amides is 2. The van der Waals surface area contributed by atoms with Crippen LogP contribution in [-0.4, -0.2) is 29.8 Å². The van der Waals surface area contributed by atoms with Crippen LogP contribution in [0.3, 0.4) is 0 Å². The lowest BCUT2D eigenvalue weighted by Crippen LogP contribution is -2.37. The Balaban J connectivity index is 1.20. The Bertz CT molecular complexity index is 1280. The van der Waals surface area contributed by atoms with Crippen molar-refractivity contribution < 1.29 is 14.0 Å². The van der Waals surface area contributed by atoms with Gasteiger partial charge in [-0.1, -0.05) is 36.6 Å². The molecule has 0 spiro atoms. The van der Waals surface area contributed by atoms with E-state index in [9.17, 15) is 19.2 Å². The summed E-state index contributed by atoms with van der Waals surface area (Å²) in [5, 5.41) is 12.4. The first-order chi connectivity index (χ1) is 19.3. The first-order valence-electron chi connectivity index (χ1n) is 14.8. The Labute approximate surface area is 242 Å². The normalized spacial score (nSPS) is 25.0. The van der Waals surface area contributed by atoms with E-state index in [0.717, 1.165) is 76.4 Å². The summed E-state index contributed by atoms with van der Waals surface area (Å²) in [5.74, 6) is 1.24. The molecule has 0 aromatic heterocycles. The van der Waals surface area contributed by atoms with Gasteiger partial charge in [0.25, 0.3) is 0 Å². The SMILES string of the molecule is CC(=O)N1CCC(CCCC(CC2CC[C@]3(c4cccc(C#N)c4)C[C@@H]3C2)C(=O)Nc2ccc(F)c(Cl)c2)CC1. The van der Waals surface area contributed by atoms with E-state index in [-0.39, 0.29) is 28.2 Å². The van der Waals surface area contributed by atoms with Crippen LogP contribution in [0, 0.1) is 40.8 Å². The van der Waals surface area contributed by atoms with E-state index in [1.165, 1.54) is 24.1 Å². The molecule has 2 aromatic rings. The minimum atomic E-state index is -0.498. The van der Waals surface area contributed by atoms with Gasteiger partial charge in [0.15, 0.2) is 0 Å². The Morgan fingerprint density at radius 1 is 1.18 bits per heavy atom. The van der Waals surface area contributed by atoms with Gasteiger partial charge in [-0.3, -0.25) is 9.59 Å². The standard InChI is InChI=1S/C33H39ClFN3O2/c1-22(39)38-14-11-23(12-15-38)4-2-6-26(32(40)37-29-8-9-31(35)30(34)19-29)16-24-10-13-33(20-28(33)17-24)27-7-3-5-25(18-27)21-36/h3,5,7-9,18-19,23-24,26,28H,2,4,6,10-17,20H2,1H3,(H,37,40)/t24?,26?,28-,33+/m0/s1. The van der Waals surface area contributed by atoms with Crippen LogP contribution in [-0.2, 0) is 15.0 Å². The molecule has 2 aliphatic carbocycles. The van der Waals surface area contributed by atoms with Crippen molar-refractivity contribution in [3.63, 3.8) is 0 Å². The summed E-state index contributed by atoms with van der Waals surface area (Å²) in [6, 6.07) is 14.7. The predicted octanol–water partition coefficient (Wildman–Crippen LogP) is 7.48. The molecule has 1 N–H and O–H groups in total. The van der Waals surface area contributed by atoms with Crippen molar-refractivity contribution in [2.75, 3.05) is 18.4 Å². The Morgan fingerprint density at radius 3 is 2.67 bits per heavy atom. The van der Waals surface area contributed by atoms with Gasteiger partial charge in [-0.2, -0.15) is 5.26 Å². The van der Waals surface area contributed by atoms with Crippen LogP contribution >= 0.6 is 11.6 Å². The maximum absolute atomic E-state index is 13.7. The molecular weight excluding hydrogens is 525 g/mol. The van der Waals surface area contributed by atoms with Gasteiger partial charge in [-0.05, 0) is 110 Å². The van der Waals surface area contributed by atoms with E-state index in [4.69, 9.17) is 11.6 Å². The van der Waals surface area contributed by atoms with Crippen LogP contribution in [0.15, 0.2) is 42.5 Å². The fourth-order valence-electron chi connectivity index (χ4n) is 7.35. The van der Waals surface area contributed by atoms with Gasteiger partial charge >= 0.3 is 0 Å². The van der Waals surface area contributed by atoms with Crippen LogP contribution in [0.4, 0.5) is 10.1 Å². The second-order valence-electron chi connectivity index (χ2n) is 12.3. The average Bonchev–Trinajstić information content (AvgIpc) is 3.70. The highest BCUT2D eigenvalue weighted by Gasteiger charge is 2.57. The van der Waals surface area contributed by atoms with Crippen molar-refractivity contribution >= 4 is 29.1 Å². The summed E-state index contributed by atoms with van der Waals surface area (Å²) in [7, 11) is 0. The van der Waals surface area contributed by atoms with Crippen LogP contribution < -0.4 is 5.32 Å². The lowest BCUT2D eigenvalue weighted by Gasteiger charge is -2.32. The topological polar surface area (TPSA) is 73.2 Å². The highest BCUT2D eigenvalue weighted by molar-refractivity contribution is 6.31. The van der Waals surface area contributed by atoms with Crippen molar-refractivity contribution in [3.05, 3.63) is 64.4 Å². The van der Waals surface area contributed by atoms with Crippen LogP contribution in [0.5, 0.6) is 0 Å². The zero-order chi connectivity index (χ0) is 28.3. The third kappa shape index (κ3) is 6.52. The highest BCUT2D eigenvalue weighted by atomic mass is 35.5. The number of anilines is 1. The van der Waals surface area contributed by atoms with Crippen molar-refractivity contribution in [1.82, 2.24) is 4.90 Å². The van der Waals surface area contributed by atoms with E-state index in [1.807, 2.05) is 17.0 Å². The summed E-state index contributed by atoms with van der Waals surface area (Å²) < 4.78 is 13.7. The zero-order valence-corrected chi connectivity index (χ0v) is 24.1. The molecular formula is C33H39ClFN3O2. The summed E-state index contributed by atoms with van der Waals surface area (Å²) in [6.45, 7) is 3.30. The minimum absolute atomic E-state index is 0.00377. The van der Waals surface area contributed by atoms with Crippen molar-refractivity contribution in [1.29, 1.82) is 5.26 Å². The number of likely N-dealkylation sites (tertiary alicyclic amines) is 1. The van der Waals surface area contributed by atoms with E-state index < -0.39 is 5.82 Å². The first kappa shape index (κ1) is 28.6. The average molecular weight is 564 g/mol. The van der Waals surface area contributed by atoms with E-state index >= 15 is 0 Å². The fraction of sp³-hybridized carbons (Fsp3) is 0.545. The van der Waals surface area contributed by atoms with Gasteiger partial charge in [-0.15, -0.1) is 0 Å². The Kier molecular flexibility index (Phi) is 8.80. The van der Waals surface area contributed by atoms with Gasteiger partial charge < -0.3 is 10.2 Å². The molecule has 5 rings (SSSR count). The van der Waals surface area contributed by atoms with Gasteiger partial charge in [0.05, 0.1) is 16.7 Å². The number of halogens is 2. The van der Waals surface area contributed by atoms with Crippen LogP contribution in [0.2, 0.25) is 5.02 Å². The molecule has 2 amide bonds. The lowest BCUT2D eigenvalue weighted by atomic mass is 9.74. The number of hydrogen-bond donors (Lipinski definition) is 1. The number of carbonyl (C=O) groups excluding carboxylic acids is 2. The molecule has 3 fully saturated rings. The summed E-state index contributed by atoms with van der Waals surface area (Å²) >= 11 is 5.97. The predicted molar refractivity (Wildman–Crippen MR) is 155 cm³/mol. The molecule has 3 aliphatic rings.